The number of hydrogen-bond donors (Lipinski definition) is 1. The van der Waals surface area contributed by atoms with Crippen LogP contribution in [0.15, 0.2) is 36.7 Å². The summed E-state index contributed by atoms with van der Waals surface area (Å²) in [6, 6.07) is 9.02. The van der Waals surface area contributed by atoms with Crippen LogP contribution in [0.4, 0.5) is 5.82 Å². The lowest BCUT2D eigenvalue weighted by molar-refractivity contribution is -0.389. The number of imidazole rings is 1. The number of carbonyl (C=O) groups is 1. The van der Waals surface area contributed by atoms with E-state index in [4.69, 9.17) is 4.74 Å². The highest BCUT2D eigenvalue weighted by molar-refractivity contribution is 5.90. The summed E-state index contributed by atoms with van der Waals surface area (Å²) in [5, 5.41) is 10.6. The number of nitro groups is 1. The van der Waals surface area contributed by atoms with Crippen molar-refractivity contribution in [1.29, 1.82) is 0 Å². The molecule has 0 atom stereocenters. The van der Waals surface area contributed by atoms with Crippen LogP contribution in [0.3, 0.4) is 0 Å². The third-order valence-electron chi connectivity index (χ3n) is 2.21. The summed E-state index contributed by atoms with van der Waals surface area (Å²) in [6.45, 7) is 0.0453. The zero-order valence-corrected chi connectivity index (χ0v) is 9.20. The molecule has 1 aromatic heterocycles. The monoisotopic (exact) mass is 247 g/mol. The molecule has 2 aromatic rings. The molecule has 18 heavy (non-hydrogen) atoms. The smallest absolute Gasteiger partial charge is 0.366 e. The van der Waals surface area contributed by atoms with Gasteiger partial charge in [0.05, 0.1) is 0 Å². The fraction of sp³-hybridized carbons (Fsp3) is 0.0909. The highest BCUT2D eigenvalue weighted by Crippen LogP contribution is 2.14. The average Bonchev–Trinajstić information content (AvgIpc) is 2.86. The molecule has 0 aliphatic carbocycles. The van der Waals surface area contributed by atoms with Crippen LogP contribution in [0, 0.1) is 10.1 Å². The summed E-state index contributed by atoms with van der Waals surface area (Å²) >= 11 is 0. The molecule has 2 rings (SSSR count). The maximum absolute atomic E-state index is 11.6. The molecule has 92 valence electrons. The van der Waals surface area contributed by atoms with E-state index in [1.165, 1.54) is 0 Å². The second kappa shape index (κ2) is 5.09. The number of nitrogens with zero attached hydrogens (tertiary/aromatic N) is 2. The molecule has 0 fully saturated rings. The van der Waals surface area contributed by atoms with E-state index in [9.17, 15) is 14.9 Å². The van der Waals surface area contributed by atoms with Gasteiger partial charge in [-0.25, -0.2) is 14.8 Å². The number of esters is 1. The minimum absolute atomic E-state index is 0.0453. The number of hydrogen-bond acceptors (Lipinski definition) is 5. The van der Waals surface area contributed by atoms with Crippen LogP contribution >= 0.6 is 0 Å². The molecule has 0 spiro atoms. The van der Waals surface area contributed by atoms with Crippen LogP contribution in [-0.2, 0) is 11.3 Å². The van der Waals surface area contributed by atoms with E-state index in [0.29, 0.717) is 0 Å². The Morgan fingerprint density at radius 2 is 2.11 bits per heavy atom. The van der Waals surface area contributed by atoms with Gasteiger partial charge in [-0.05, 0) is 10.5 Å². The molecular weight excluding hydrogens is 238 g/mol. The van der Waals surface area contributed by atoms with E-state index in [1.807, 2.05) is 6.07 Å². The molecule has 0 radical (unpaired) electrons. The van der Waals surface area contributed by atoms with Gasteiger partial charge in [0.15, 0.2) is 6.33 Å². The van der Waals surface area contributed by atoms with E-state index >= 15 is 0 Å². The first-order valence-electron chi connectivity index (χ1n) is 5.07. The van der Waals surface area contributed by atoms with Crippen LogP contribution in [0.1, 0.15) is 16.1 Å². The summed E-state index contributed by atoms with van der Waals surface area (Å²) in [5.74, 6) is -1.29. The largest absolute Gasteiger partial charge is 0.456 e. The number of H-pyrrole nitrogens is 1. The SMILES string of the molecule is O=C(OCc1ccccc1)c1nc[nH]c1[N+](=O)[O-]. The van der Waals surface area contributed by atoms with Gasteiger partial charge in [0.25, 0.3) is 0 Å². The third kappa shape index (κ3) is 2.51. The number of aromatic amines is 1. The highest BCUT2D eigenvalue weighted by Gasteiger charge is 2.23. The van der Waals surface area contributed by atoms with Crippen LogP contribution in [0.2, 0.25) is 0 Å². The summed E-state index contributed by atoms with van der Waals surface area (Å²) in [7, 11) is 0. The Balaban J connectivity index is 2.04. The van der Waals surface area contributed by atoms with Crippen molar-refractivity contribution in [2.24, 2.45) is 0 Å². The predicted octanol–water partition coefficient (Wildman–Crippen LogP) is 1.67. The van der Waals surface area contributed by atoms with Crippen molar-refractivity contribution in [2.45, 2.75) is 6.61 Å². The minimum Gasteiger partial charge on any atom is -0.456 e. The molecule has 7 nitrogen and oxygen atoms in total. The molecule has 0 saturated heterocycles. The highest BCUT2D eigenvalue weighted by atomic mass is 16.6. The van der Waals surface area contributed by atoms with Crippen molar-refractivity contribution in [3.05, 3.63) is 58.0 Å². The van der Waals surface area contributed by atoms with Gasteiger partial charge in [-0.2, -0.15) is 0 Å². The van der Waals surface area contributed by atoms with Gasteiger partial charge in [0.2, 0.25) is 5.69 Å². The molecule has 0 bridgehead atoms. The number of aromatic nitrogens is 2. The quantitative estimate of drug-likeness (QED) is 0.503. The second-order valence-corrected chi connectivity index (χ2v) is 3.42. The summed E-state index contributed by atoms with van der Waals surface area (Å²) < 4.78 is 4.94. The molecule has 7 heteroatoms. The summed E-state index contributed by atoms with van der Waals surface area (Å²) in [6.07, 6.45) is 1.08. The van der Waals surface area contributed by atoms with Crippen molar-refractivity contribution in [1.82, 2.24) is 9.97 Å². The second-order valence-electron chi connectivity index (χ2n) is 3.42. The maximum Gasteiger partial charge on any atom is 0.366 e. The minimum atomic E-state index is -0.827. The first kappa shape index (κ1) is 11.8. The van der Waals surface area contributed by atoms with E-state index in [-0.39, 0.29) is 12.3 Å². The fourth-order valence-corrected chi connectivity index (χ4v) is 1.37. The van der Waals surface area contributed by atoms with Crippen molar-refractivity contribution in [3.8, 4) is 0 Å². The Morgan fingerprint density at radius 1 is 1.39 bits per heavy atom. The van der Waals surface area contributed by atoms with E-state index in [2.05, 4.69) is 9.97 Å². The van der Waals surface area contributed by atoms with Gasteiger partial charge in [-0.1, -0.05) is 30.3 Å². The van der Waals surface area contributed by atoms with Gasteiger partial charge in [-0.3, -0.25) is 0 Å². The van der Waals surface area contributed by atoms with Crippen molar-refractivity contribution in [3.63, 3.8) is 0 Å². The van der Waals surface area contributed by atoms with Gasteiger partial charge in [-0.15, -0.1) is 0 Å². The Kier molecular flexibility index (Phi) is 3.33. The Hall–Kier alpha value is -2.70. The molecular formula is C11H9N3O4. The molecule has 0 aliphatic rings. The third-order valence-corrected chi connectivity index (χ3v) is 2.21. The molecule has 0 aliphatic heterocycles. The van der Waals surface area contributed by atoms with Crippen LogP contribution < -0.4 is 0 Å². The zero-order chi connectivity index (χ0) is 13.0. The average molecular weight is 247 g/mol. The lowest BCUT2D eigenvalue weighted by Crippen LogP contribution is -2.08. The number of benzene rings is 1. The Labute approximate surface area is 102 Å². The molecule has 0 unspecified atom stereocenters. The predicted molar refractivity (Wildman–Crippen MR) is 60.8 cm³/mol. The number of nitrogens with one attached hydrogen (secondary N) is 1. The number of carbonyl (C=O) groups excluding carboxylic acids is 1. The molecule has 0 amide bonds. The fourth-order valence-electron chi connectivity index (χ4n) is 1.37. The molecule has 1 heterocycles. The van der Waals surface area contributed by atoms with Crippen LogP contribution in [0.25, 0.3) is 0 Å². The summed E-state index contributed by atoms with van der Waals surface area (Å²) in [4.78, 5) is 27.3. The van der Waals surface area contributed by atoms with Gasteiger partial charge < -0.3 is 14.9 Å². The number of rotatable bonds is 4. The van der Waals surface area contributed by atoms with Crippen molar-refractivity contribution >= 4 is 11.8 Å². The molecule has 1 aromatic carbocycles. The van der Waals surface area contributed by atoms with E-state index in [0.717, 1.165) is 11.9 Å². The summed E-state index contributed by atoms with van der Waals surface area (Å²) in [5.41, 5.74) is 0.472. The van der Waals surface area contributed by atoms with Crippen molar-refractivity contribution < 1.29 is 14.5 Å². The lowest BCUT2D eigenvalue weighted by atomic mass is 10.2. The number of ether oxygens (including phenoxy) is 1. The van der Waals surface area contributed by atoms with Gasteiger partial charge in [0, 0.05) is 0 Å². The first-order chi connectivity index (χ1) is 8.68. The molecule has 1 N–H and O–H groups in total. The van der Waals surface area contributed by atoms with E-state index < -0.39 is 16.7 Å². The topological polar surface area (TPSA) is 98.1 Å². The van der Waals surface area contributed by atoms with Gasteiger partial charge >= 0.3 is 11.8 Å². The first-order valence-corrected chi connectivity index (χ1v) is 5.07. The molecule has 0 saturated carbocycles. The normalized spacial score (nSPS) is 10.0. The lowest BCUT2D eigenvalue weighted by Gasteiger charge is -2.02. The Morgan fingerprint density at radius 3 is 2.78 bits per heavy atom. The Bertz CT molecular complexity index is 565. The zero-order valence-electron chi connectivity index (χ0n) is 9.20. The van der Waals surface area contributed by atoms with E-state index in [1.54, 1.807) is 24.3 Å². The van der Waals surface area contributed by atoms with Crippen LogP contribution in [-0.4, -0.2) is 20.9 Å². The maximum atomic E-state index is 11.6. The van der Waals surface area contributed by atoms with Crippen molar-refractivity contribution in [2.75, 3.05) is 0 Å². The standard InChI is InChI=1S/C11H9N3O4/c15-11(9-10(14(16)17)13-7-12-9)18-6-8-4-2-1-3-5-8/h1-5,7H,6H2,(H,12,13). The van der Waals surface area contributed by atoms with Crippen LogP contribution in [0.5, 0.6) is 0 Å². The van der Waals surface area contributed by atoms with Gasteiger partial charge in [0.1, 0.15) is 6.61 Å².